The Morgan fingerprint density at radius 1 is 1.19 bits per heavy atom. The molecule has 0 bridgehead atoms. The van der Waals surface area contributed by atoms with E-state index >= 15 is 0 Å². The van der Waals surface area contributed by atoms with Crippen molar-refractivity contribution in [3.05, 3.63) is 36.2 Å². The van der Waals surface area contributed by atoms with E-state index in [1.165, 1.54) is 0 Å². The molecule has 0 amide bonds. The summed E-state index contributed by atoms with van der Waals surface area (Å²) in [6.45, 7) is 2.01. The molecule has 1 saturated carbocycles. The zero-order valence-electron chi connectivity index (χ0n) is 15.0. The number of nitrogens with one attached hydrogen (secondary N) is 3. The van der Waals surface area contributed by atoms with Gasteiger partial charge in [-0.25, -0.2) is 4.98 Å². The maximum atomic E-state index is 6.03. The molecule has 1 aliphatic carbocycles. The van der Waals surface area contributed by atoms with Crippen molar-refractivity contribution in [2.45, 2.75) is 38.3 Å². The van der Waals surface area contributed by atoms with Crippen LogP contribution in [0.3, 0.4) is 0 Å². The van der Waals surface area contributed by atoms with Crippen LogP contribution in [0.2, 0.25) is 0 Å². The van der Waals surface area contributed by atoms with Gasteiger partial charge in [-0.05, 0) is 44.4 Å². The average Bonchev–Trinajstić information content (AvgIpc) is 3.36. The number of H-pyrrole nitrogens is 1. The third-order valence-electron chi connectivity index (χ3n) is 5.12. The summed E-state index contributed by atoms with van der Waals surface area (Å²) >= 11 is 0. The maximum absolute atomic E-state index is 6.03. The van der Waals surface area contributed by atoms with Crippen LogP contribution in [0.15, 0.2) is 34.9 Å². The van der Waals surface area contributed by atoms with E-state index in [1.807, 2.05) is 31.2 Å². The molecule has 27 heavy (non-hydrogen) atoms. The highest BCUT2D eigenvalue weighted by Gasteiger charge is 2.23. The number of fused-ring (bicyclic) bond motifs is 2. The first-order chi connectivity index (χ1) is 13.2. The number of nitrogens with zero attached hydrogens (tertiary/aromatic N) is 3. The van der Waals surface area contributed by atoms with Crippen LogP contribution in [-0.2, 0) is 0 Å². The summed E-state index contributed by atoms with van der Waals surface area (Å²) in [5.41, 5.74) is 10.3. The maximum Gasteiger partial charge on any atom is 0.229 e. The lowest BCUT2D eigenvalue weighted by atomic mass is 10.2. The number of rotatable bonds is 4. The minimum atomic E-state index is 0.248. The van der Waals surface area contributed by atoms with E-state index in [9.17, 15) is 0 Å². The Balaban J connectivity index is 1.46. The number of aromatic amines is 1. The Kier molecular flexibility index (Phi) is 3.71. The molecule has 5 N–H and O–H groups in total. The lowest BCUT2D eigenvalue weighted by Gasteiger charge is -2.14. The second kappa shape index (κ2) is 6.24. The summed E-state index contributed by atoms with van der Waals surface area (Å²) in [7, 11) is 0. The minimum absolute atomic E-state index is 0.248. The van der Waals surface area contributed by atoms with Crippen LogP contribution >= 0.6 is 0 Å². The molecule has 3 aromatic heterocycles. The third-order valence-corrected chi connectivity index (χ3v) is 5.12. The molecule has 0 radical (unpaired) electrons. The van der Waals surface area contributed by atoms with E-state index in [-0.39, 0.29) is 6.04 Å². The van der Waals surface area contributed by atoms with E-state index < -0.39 is 0 Å². The van der Waals surface area contributed by atoms with Gasteiger partial charge >= 0.3 is 0 Å². The number of aryl methyl sites for hydroxylation is 1. The Morgan fingerprint density at radius 3 is 2.96 bits per heavy atom. The highest BCUT2D eigenvalue weighted by molar-refractivity contribution is 5.87. The van der Waals surface area contributed by atoms with Gasteiger partial charge in [0.1, 0.15) is 5.52 Å². The highest BCUT2D eigenvalue weighted by Crippen LogP contribution is 2.29. The highest BCUT2D eigenvalue weighted by atomic mass is 16.3. The molecule has 5 rings (SSSR count). The van der Waals surface area contributed by atoms with Gasteiger partial charge in [-0.2, -0.15) is 10.1 Å². The van der Waals surface area contributed by atoms with Gasteiger partial charge < -0.3 is 20.8 Å². The second-order valence-corrected chi connectivity index (χ2v) is 7.15. The molecule has 0 unspecified atom stereocenters. The fraction of sp³-hybridized carbons (Fsp3) is 0.316. The first-order valence-electron chi connectivity index (χ1n) is 9.15. The zero-order valence-corrected chi connectivity index (χ0v) is 15.0. The van der Waals surface area contributed by atoms with Gasteiger partial charge in [0.05, 0.1) is 11.8 Å². The smallest absolute Gasteiger partial charge is 0.229 e. The van der Waals surface area contributed by atoms with Crippen LogP contribution in [0.4, 0.5) is 17.5 Å². The van der Waals surface area contributed by atoms with Gasteiger partial charge in [0, 0.05) is 34.9 Å². The van der Waals surface area contributed by atoms with Gasteiger partial charge in [-0.3, -0.25) is 5.10 Å². The molecule has 138 valence electrons. The summed E-state index contributed by atoms with van der Waals surface area (Å²) in [6, 6.07) is 8.40. The summed E-state index contributed by atoms with van der Waals surface area (Å²) in [5.74, 6) is 1.21. The first-order valence-corrected chi connectivity index (χ1v) is 9.15. The van der Waals surface area contributed by atoms with Crippen molar-refractivity contribution in [3.8, 4) is 0 Å². The third kappa shape index (κ3) is 2.97. The molecule has 8 heteroatoms. The van der Waals surface area contributed by atoms with Gasteiger partial charge in [0.25, 0.3) is 0 Å². The van der Waals surface area contributed by atoms with Crippen LogP contribution in [0.5, 0.6) is 0 Å². The zero-order chi connectivity index (χ0) is 18.4. The van der Waals surface area contributed by atoms with Gasteiger partial charge in [0.2, 0.25) is 5.95 Å². The number of benzene rings is 1. The fourth-order valence-corrected chi connectivity index (χ4v) is 3.71. The number of furan rings is 1. The van der Waals surface area contributed by atoms with Crippen LogP contribution in [0, 0.1) is 6.92 Å². The van der Waals surface area contributed by atoms with E-state index in [1.54, 1.807) is 6.26 Å². The van der Waals surface area contributed by atoms with Crippen molar-refractivity contribution in [1.29, 1.82) is 0 Å². The molecular weight excluding hydrogens is 342 g/mol. The van der Waals surface area contributed by atoms with Gasteiger partial charge in [0.15, 0.2) is 11.4 Å². The lowest BCUT2D eigenvalue weighted by molar-refractivity contribution is 0.612. The van der Waals surface area contributed by atoms with Crippen LogP contribution in [-0.4, -0.2) is 32.2 Å². The number of hydrogen-bond acceptors (Lipinski definition) is 7. The Hall–Kier alpha value is -3.13. The van der Waals surface area contributed by atoms with E-state index in [4.69, 9.17) is 10.2 Å². The summed E-state index contributed by atoms with van der Waals surface area (Å²) in [5, 5.41) is 15.2. The lowest BCUT2D eigenvalue weighted by Crippen LogP contribution is -2.21. The molecule has 8 nitrogen and oxygen atoms in total. The molecule has 0 spiro atoms. The van der Waals surface area contributed by atoms with Gasteiger partial charge in [-0.15, -0.1) is 0 Å². The molecule has 0 aliphatic heterocycles. The average molecular weight is 363 g/mol. The molecule has 4 aromatic rings. The first kappa shape index (κ1) is 16.1. The summed E-state index contributed by atoms with van der Waals surface area (Å²) in [6.07, 6.45) is 4.63. The second-order valence-electron chi connectivity index (χ2n) is 7.15. The SMILES string of the molecule is Cc1[nH]nc2cc(Nc3nc(N[C@@H]4CC[C@H](N)C4)c4occc4n3)ccc12. The van der Waals surface area contributed by atoms with Crippen molar-refractivity contribution < 1.29 is 4.42 Å². The number of nitrogens with two attached hydrogens (primary N) is 1. The van der Waals surface area contributed by atoms with Crippen molar-refractivity contribution >= 4 is 39.5 Å². The number of aromatic nitrogens is 4. The van der Waals surface area contributed by atoms with E-state index in [0.29, 0.717) is 23.4 Å². The molecule has 3 heterocycles. The Morgan fingerprint density at radius 2 is 2.11 bits per heavy atom. The standard InChI is InChI=1S/C19H21N7O/c1-10-14-5-4-13(9-16(14)26-25-10)22-19-23-15-6-7-27-17(15)18(24-19)21-12-3-2-11(20)8-12/h4-7,9,11-12H,2-3,8,20H2,1H3,(H,25,26)(H2,21,22,23,24)/t11-,12+/m0/s1. The largest absolute Gasteiger partial charge is 0.459 e. The van der Waals surface area contributed by atoms with Crippen molar-refractivity contribution in [1.82, 2.24) is 20.2 Å². The van der Waals surface area contributed by atoms with E-state index in [0.717, 1.165) is 47.1 Å². The van der Waals surface area contributed by atoms with Crippen molar-refractivity contribution in [3.63, 3.8) is 0 Å². The van der Waals surface area contributed by atoms with Crippen molar-refractivity contribution in [2.75, 3.05) is 10.6 Å². The Labute approximate surface area is 155 Å². The van der Waals surface area contributed by atoms with Crippen LogP contribution < -0.4 is 16.4 Å². The molecule has 1 aromatic carbocycles. The van der Waals surface area contributed by atoms with Crippen molar-refractivity contribution in [2.24, 2.45) is 5.73 Å². The molecule has 0 saturated heterocycles. The van der Waals surface area contributed by atoms with E-state index in [2.05, 4.69) is 30.8 Å². The quantitative estimate of drug-likeness (QED) is 0.438. The molecule has 1 aliphatic rings. The number of anilines is 3. The summed E-state index contributed by atoms with van der Waals surface area (Å²) < 4.78 is 5.59. The Bertz CT molecular complexity index is 1120. The van der Waals surface area contributed by atoms with Crippen LogP contribution in [0.25, 0.3) is 22.0 Å². The monoisotopic (exact) mass is 363 g/mol. The topological polar surface area (TPSA) is 118 Å². The molecular formula is C19H21N7O. The number of hydrogen-bond donors (Lipinski definition) is 4. The minimum Gasteiger partial charge on any atom is -0.459 e. The predicted molar refractivity (Wildman–Crippen MR) is 105 cm³/mol. The normalized spacial score (nSPS) is 19.8. The fourth-order valence-electron chi connectivity index (χ4n) is 3.71. The van der Waals surface area contributed by atoms with Crippen LogP contribution in [0.1, 0.15) is 25.0 Å². The summed E-state index contributed by atoms with van der Waals surface area (Å²) in [4.78, 5) is 9.20. The predicted octanol–water partition coefficient (Wildman–Crippen LogP) is 3.44. The molecule has 1 fully saturated rings. The van der Waals surface area contributed by atoms with Gasteiger partial charge in [-0.1, -0.05) is 0 Å². The molecule has 2 atom stereocenters.